The number of hydrogen-bond acceptors (Lipinski definition) is 7. The minimum atomic E-state index is -3.23. The van der Waals surface area contributed by atoms with Crippen LogP contribution in [-0.4, -0.2) is 55.1 Å². The molecule has 1 atom stereocenters. The van der Waals surface area contributed by atoms with Crippen molar-refractivity contribution in [2.45, 2.75) is 19.0 Å². The molecule has 0 aliphatic carbocycles. The molecule has 0 saturated carbocycles. The van der Waals surface area contributed by atoms with E-state index in [1.807, 2.05) is 0 Å². The smallest absolute Gasteiger partial charge is 0.276 e. The third-order valence-electron chi connectivity index (χ3n) is 5.73. The van der Waals surface area contributed by atoms with Gasteiger partial charge in [0.15, 0.2) is 32.8 Å². The van der Waals surface area contributed by atoms with E-state index in [1.165, 1.54) is 23.1 Å². The van der Waals surface area contributed by atoms with E-state index in [9.17, 15) is 17.6 Å². The number of hydrogen-bond donors (Lipinski definition) is 0. The molecule has 2 aliphatic rings. The van der Waals surface area contributed by atoms with Crippen LogP contribution in [0, 0.1) is 5.82 Å². The first-order valence-corrected chi connectivity index (χ1v) is 12.3. The van der Waals surface area contributed by atoms with Crippen molar-refractivity contribution in [2.75, 3.05) is 24.7 Å². The highest BCUT2D eigenvalue weighted by Crippen LogP contribution is 2.35. The lowest BCUT2D eigenvalue weighted by Crippen LogP contribution is -2.40. The van der Waals surface area contributed by atoms with Crippen molar-refractivity contribution in [2.24, 2.45) is 0 Å². The molecule has 0 bridgehead atoms. The number of rotatable bonds is 5. The third kappa shape index (κ3) is 4.56. The molecule has 0 spiro atoms. The van der Waals surface area contributed by atoms with Crippen molar-refractivity contribution in [3.8, 4) is 22.8 Å². The van der Waals surface area contributed by atoms with E-state index in [4.69, 9.17) is 14.0 Å². The summed E-state index contributed by atoms with van der Waals surface area (Å²) < 4.78 is 54.0. The number of amides is 1. The SMILES string of the molecule is O=C(c1cc(-c2ccc3c(c2)OCCO3)on1)N(Cc1ccc(F)cc1)[C@H]1CCS(=O)(=O)C1. The Balaban J connectivity index is 1.42. The van der Waals surface area contributed by atoms with Crippen LogP contribution in [0.3, 0.4) is 0 Å². The summed E-state index contributed by atoms with van der Waals surface area (Å²) in [5.74, 6) is 0.649. The van der Waals surface area contributed by atoms with Crippen molar-refractivity contribution >= 4 is 15.7 Å². The van der Waals surface area contributed by atoms with Crippen LogP contribution in [0.2, 0.25) is 0 Å². The molecule has 10 heteroatoms. The molecule has 3 heterocycles. The fourth-order valence-electron chi connectivity index (χ4n) is 4.03. The zero-order valence-electron chi connectivity index (χ0n) is 17.6. The molecule has 1 amide bonds. The lowest BCUT2D eigenvalue weighted by atomic mass is 10.1. The Bertz CT molecular complexity index is 1290. The lowest BCUT2D eigenvalue weighted by Gasteiger charge is -2.27. The molecule has 3 aromatic rings. The van der Waals surface area contributed by atoms with Crippen LogP contribution in [0.15, 0.2) is 53.1 Å². The summed E-state index contributed by atoms with van der Waals surface area (Å²) in [6.45, 7) is 1.05. The topological polar surface area (TPSA) is 98.9 Å². The van der Waals surface area contributed by atoms with Crippen molar-refractivity contribution < 1.29 is 31.6 Å². The van der Waals surface area contributed by atoms with Crippen molar-refractivity contribution in [1.29, 1.82) is 0 Å². The molecule has 5 rings (SSSR count). The number of carbonyl (C=O) groups is 1. The average molecular weight is 472 g/mol. The Labute approximate surface area is 189 Å². The summed E-state index contributed by atoms with van der Waals surface area (Å²) in [5.41, 5.74) is 1.41. The normalized spacial score (nSPS) is 18.8. The monoisotopic (exact) mass is 472 g/mol. The third-order valence-corrected chi connectivity index (χ3v) is 7.48. The van der Waals surface area contributed by atoms with Gasteiger partial charge in [0.1, 0.15) is 19.0 Å². The van der Waals surface area contributed by atoms with Gasteiger partial charge in [0.25, 0.3) is 5.91 Å². The van der Waals surface area contributed by atoms with E-state index in [2.05, 4.69) is 5.16 Å². The highest BCUT2D eigenvalue weighted by Gasteiger charge is 2.36. The Hall–Kier alpha value is -3.40. The maximum atomic E-state index is 13.4. The van der Waals surface area contributed by atoms with Gasteiger partial charge in [-0.3, -0.25) is 4.79 Å². The van der Waals surface area contributed by atoms with Gasteiger partial charge < -0.3 is 18.9 Å². The van der Waals surface area contributed by atoms with Crippen molar-refractivity contribution in [3.05, 3.63) is 65.6 Å². The number of aromatic nitrogens is 1. The first kappa shape index (κ1) is 21.4. The number of fused-ring (bicyclic) bond motifs is 1. The number of halogens is 1. The highest BCUT2D eigenvalue weighted by atomic mass is 32.2. The molecule has 172 valence electrons. The summed E-state index contributed by atoms with van der Waals surface area (Å²) in [5, 5.41) is 3.94. The standard InChI is InChI=1S/C23H21FN2O6S/c24-17-4-1-15(2-5-17)13-26(18-7-10-33(28,29)14-18)23(27)19-12-21(32-25-19)16-3-6-20-22(11-16)31-9-8-30-20/h1-6,11-12,18H,7-10,13-14H2/t18-/m0/s1. The highest BCUT2D eigenvalue weighted by molar-refractivity contribution is 7.91. The van der Waals surface area contributed by atoms with E-state index in [1.54, 1.807) is 30.3 Å². The van der Waals surface area contributed by atoms with Gasteiger partial charge in [-0.25, -0.2) is 12.8 Å². The van der Waals surface area contributed by atoms with Gasteiger partial charge in [-0.15, -0.1) is 0 Å². The molecular formula is C23H21FN2O6S. The molecule has 0 N–H and O–H groups in total. The van der Waals surface area contributed by atoms with Crippen LogP contribution in [0.5, 0.6) is 11.5 Å². The van der Waals surface area contributed by atoms with Gasteiger partial charge in [0, 0.05) is 24.2 Å². The fraction of sp³-hybridized carbons (Fsp3) is 0.304. The molecule has 2 aliphatic heterocycles. The summed E-state index contributed by atoms with van der Waals surface area (Å²) in [7, 11) is -3.23. The van der Waals surface area contributed by atoms with E-state index < -0.39 is 21.8 Å². The van der Waals surface area contributed by atoms with E-state index in [0.29, 0.717) is 48.0 Å². The van der Waals surface area contributed by atoms with Gasteiger partial charge in [0.2, 0.25) is 0 Å². The predicted octanol–water partition coefficient (Wildman–Crippen LogP) is 3.08. The van der Waals surface area contributed by atoms with E-state index in [-0.39, 0.29) is 29.6 Å². The zero-order chi connectivity index (χ0) is 23.0. The quantitative estimate of drug-likeness (QED) is 0.563. The molecule has 1 saturated heterocycles. The van der Waals surface area contributed by atoms with Crippen LogP contribution in [0.1, 0.15) is 22.5 Å². The van der Waals surface area contributed by atoms with Crippen LogP contribution in [0.25, 0.3) is 11.3 Å². The second-order valence-corrected chi connectivity index (χ2v) is 10.3. The number of ether oxygens (including phenoxy) is 2. The maximum absolute atomic E-state index is 13.4. The molecule has 1 fully saturated rings. The first-order valence-electron chi connectivity index (χ1n) is 10.5. The molecule has 8 nitrogen and oxygen atoms in total. The van der Waals surface area contributed by atoms with Gasteiger partial charge in [0.05, 0.1) is 11.5 Å². The number of benzene rings is 2. The molecule has 0 unspecified atom stereocenters. The maximum Gasteiger partial charge on any atom is 0.276 e. The zero-order valence-corrected chi connectivity index (χ0v) is 18.4. The summed E-state index contributed by atoms with van der Waals surface area (Å²) in [4.78, 5) is 14.9. The molecule has 0 radical (unpaired) electrons. The van der Waals surface area contributed by atoms with E-state index in [0.717, 1.165) is 0 Å². The largest absolute Gasteiger partial charge is 0.486 e. The Kier molecular flexibility index (Phi) is 5.53. The van der Waals surface area contributed by atoms with Gasteiger partial charge in [-0.2, -0.15) is 0 Å². The van der Waals surface area contributed by atoms with Gasteiger partial charge in [-0.1, -0.05) is 17.3 Å². The lowest BCUT2D eigenvalue weighted by molar-refractivity contribution is 0.0670. The van der Waals surface area contributed by atoms with Crippen LogP contribution >= 0.6 is 0 Å². The first-order chi connectivity index (χ1) is 15.9. The minimum Gasteiger partial charge on any atom is -0.486 e. The molecular weight excluding hydrogens is 451 g/mol. The second kappa shape index (κ2) is 8.51. The number of sulfone groups is 1. The Morgan fingerprint density at radius 2 is 1.82 bits per heavy atom. The molecule has 1 aromatic heterocycles. The van der Waals surface area contributed by atoms with E-state index >= 15 is 0 Å². The Morgan fingerprint density at radius 1 is 1.06 bits per heavy atom. The minimum absolute atomic E-state index is 0.0200. The predicted molar refractivity (Wildman–Crippen MR) is 116 cm³/mol. The number of carbonyl (C=O) groups excluding carboxylic acids is 1. The summed E-state index contributed by atoms with van der Waals surface area (Å²) in [6, 6.07) is 12.1. The van der Waals surface area contributed by atoms with Crippen LogP contribution in [0.4, 0.5) is 4.39 Å². The van der Waals surface area contributed by atoms with Gasteiger partial charge in [-0.05, 0) is 42.3 Å². The summed E-state index contributed by atoms with van der Waals surface area (Å²) >= 11 is 0. The van der Waals surface area contributed by atoms with Crippen LogP contribution < -0.4 is 9.47 Å². The van der Waals surface area contributed by atoms with Crippen molar-refractivity contribution in [1.82, 2.24) is 10.1 Å². The number of nitrogens with zero attached hydrogens (tertiary/aromatic N) is 2. The van der Waals surface area contributed by atoms with Crippen LogP contribution in [-0.2, 0) is 16.4 Å². The van der Waals surface area contributed by atoms with Gasteiger partial charge >= 0.3 is 0 Å². The van der Waals surface area contributed by atoms with Crippen molar-refractivity contribution in [3.63, 3.8) is 0 Å². The Morgan fingerprint density at radius 3 is 2.55 bits per heavy atom. The average Bonchev–Trinajstić information content (AvgIpc) is 3.44. The molecule has 33 heavy (non-hydrogen) atoms. The second-order valence-electron chi connectivity index (χ2n) is 8.05. The summed E-state index contributed by atoms with van der Waals surface area (Å²) in [6.07, 6.45) is 0.335. The fourth-order valence-corrected chi connectivity index (χ4v) is 5.76. The molecule has 2 aromatic carbocycles.